The molecule has 0 aromatic heterocycles. The molecule has 0 amide bonds. The molecule has 1 rings (SSSR count). The predicted molar refractivity (Wildman–Crippen MR) is 51.4 cm³/mol. The highest BCUT2D eigenvalue weighted by Crippen LogP contribution is 2.31. The maximum Gasteiger partial charge on any atom is 0.132 e. The quantitative estimate of drug-likeness (QED) is 0.671. The van der Waals surface area contributed by atoms with E-state index >= 15 is 0 Å². The van der Waals surface area contributed by atoms with Gasteiger partial charge < -0.3 is 4.79 Å². The summed E-state index contributed by atoms with van der Waals surface area (Å²) < 4.78 is 0. The second-order valence-corrected chi connectivity index (χ2v) is 4.23. The standard InChI is InChI=1S/C11H18O2/c1-8(12)7-10-3-5-11(6-4-10)9(2)13/h10-11H,3-7H2,1-2H3. The monoisotopic (exact) mass is 182 g/mol. The van der Waals surface area contributed by atoms with Crippen molar-refractivity contribution in [2.75, 3.05) is 0 Å². The van der Waals surface area contributed by atoms with E-state index in [2.05, 4.69) is 0 Å². The SMILES string of the molecule is CC(=O)CC1CCC(C(C)=O)CC1. The zero-order chi connectivity index (χ0) is 9.84. The van der Waals surface area contributed by atoms with Crippen molar-refractivity contribution in [3.8, 4) is 0 Å². The van der Waals surface area contributed by atoms with E-state index in [1.54, 1.807) is 13.8 Å². The lowest BCUT2D eigenvalue weighted by molar-refractivity contribution is -0.122. The number of carbonyl (C=O) groups is 2. The van der Waals surface area contributed by atoms with Crippen LogP contribution in [-0.4, -0.2) is 11.6 Å². The zero-order valence-corrected chi connectivity index (χ0v) is 8.51. The van der Waals surface area contributed by atoms with Crippen molar-refractivity contribution >= 4 is 11.6 Å². The summed E-state index contributed by atoms with van der Waals surface area (Å²) in [6.07, 6.45) is 4.82. The van der Waals surface area contributed by atoms with Crippen LogP contribution in [0, 0.1) is 11.8 Å². The van der Waals surface area contributed by atoms with Gasteiger partial charge in [0.2, 0.25) is 0 Å². The third kappa shape index (κ3) is 3.29. The topological polar surface area (TPSA) is 34.1 Å². The molecule has 0 atom stereocenters. The van der Waals surface area contributed by atoms with Crippen molar-refractivity contribution < 1.29 is 9.59 Å². The summed E-state index contributed by atoms with van der Waals surface area (Å²) in [7, 11) is 0. The van der Waals surface area contributed by atoms with Crippen LogP contribution in [-0.2, 0) is 9.59 Å². The van der Waals surface area contributed by atoms with Crippen LogP contribution in [0.25, 0.3) is 0 Å². The number of rotatable bonds is 3. The van der Waals surface area contributed by atoms with Gasteiger partial charge in [0.1, 0.15) is 11.6 Å². The molecule has 0 bridgehead atoms. The zero-order valence-electron chi connectivity index (χ0n) is 8.51. The third-order valence-electron chi connectivity index (χ3n) is 3.00. The van der Waals surface area contributed by atoms with Gasteiger partial charge in [0, 0.05) is 12.3 Å². The summed E-state index contributed by atoms with van der Waals surface area (Å²) >= 11 is 0. The molecule has 0 aromatic carbocycles. The summed E-state index contributed by atoms with van der Waals surface area (Å²) in [4.78, 5) is 21.9. The molecule has 1 aliphatic carbocycles. The second-order valence-electron chi connectivity index (χ2n) is 4.23. The van der Waals surface area contributed by atoms with E-state index in [4.69, 9.17) is 0 Å². The molecule has 2 nitrogen and oxygen atoms in total. The van der Waals surface area contributed by atoms with E-state index in [1.807, 2.05) is 0 Å². The van der Waals surface area contributed by atoms with Gasteiger partial charge in [0.05, 0.1) is 0 Å². The van der Waals surface area contributed by atoms with E-state index in [0.717, 1.165) is 25.7 Å². The minimum Gasteiger partial charge on any atom is -0.300 e. The van der Waals surface area contributed by atoms with E-state index in [9.17, 15) is 9.59 Å². The molecule has 0 radical (unpaired) electrons. The number of Topliss-reactive ketones (excluding diaryl/α,β-unsaturated/α-hetero) is 2. The fourth-order valence-corrected chi connectivity index (χ4v) is 2.18. The molecule has 2 heteroatoms. The molecular weight excluding hydrogens is 164 g/mol. The fourth-order valence-electron chi connectivity index (χ4n) is 2.18. The lowest BCUT2D eigenvalue weighted by atomic mass is 9.78. The molecule has 1 saturated carbocycles. The van der Waals surface area contributed by atoms with Gasteiger partial charge in [-0.25, -0.2) is 0 Å². The Morgan fingerprint density at radius 1 is 1.08 bits per heavy atom. The predicted octanol–water partition coefficient (Wildman–Crippen LogP) is 2.36. The maximum absolute atomic E-state index is 11.1. The Morgan fingerprint density at radius 2 is 1.62 bits per heavy atom. The molecular formula is C11H18O2. The first-order valence-electron chi connectivity index (χ1n) is 5.09. The van der Waals surface area contributed by atoms with Crippen molar-refractivity contribution in [3.63, 3.8) is 0 Å². The minimum absolute atomic E-state index is 0.281. The van der Waals surface area contributed by atoms with Gasteiger partial charge in [0.15, 0.2) is 0 Å². The van der Waals surface area contributed by atoms with Gasteiger partial charge in [-0.3, -0.25) is 4.79 Å². The number of hydrogen-bond acceptors (Lipinski definition) is 2. The first-order chi connectivity index (χ1) is 6.09. The molecule has 0 spiro atoms. The van der Waals surface area contributed by atoms with Crippen molar-refractivity contribution in [1.29, 1.82) is 0 Å². The maximum atomic E-state index is 11.1. The van der Waals surface area contributed by atoms with E-state index in [0.29, 0.717) is 18.1 Å². The molecule has 13 heavy (non-hydrogen) atoms. The Labute approximate surface area is 79.7 Å². The van der Waals surface area contributed by atoms with Gasteiger partial charge >= 0.3 is 0 Å². The first-order valence-corrected chi connectivity index (χ1v) is 5.09. The Bertz CT molecular complexity index is 200. The van der Waals surface area contributed by atoms with E-state index in [-0.39, 0.29) is 11.7 Å². The van der Waals surface area contributed by atoms with Crippen molar-refractivity contribution in [3.05, 3.63) is 0 Å². The molecule has 1 fully saturated rings. The Kier molecular flexibility index (Phi) is 3.64. The molecule has 0 N–H and O–H groups in total. The van der Waals surface area contributed by atoms with Crippen LogP contribution in [0.5, 0.6) is 0 Å². The second kappa shape index (κ2) is 4.54. The summed E-state index contributed by atoms with van der Waals surface area (Å²) in [5.41, 5.74) is 0. The fraction of sp³-hybridized carbons (Fsp3) is 0.818. The molecule has 1 aliphatic rings. The average molecular weight is 182 g/mol. The van der Waals surface area contributed by atoms with Crippen LogP contribution >= 0.6 is 0 Å². The molecule has 0 unspecified atom stereocenters. The van der Waals surface area contributed by atoms with Crippen LogP contribution in [0.15, 0.2) is 0 Å². The lowest BCUT2D eigenvalue weighted by Gasteiger charge is -2.26. The average Bonchev–Trinajstić information content (AvgIpc) is 2.04. The highest BCUT2D eigenvalue weighted by atomic mass is 16.1. The highest BCUT2D eigenvalue weighted by Gasteiger charge is 2.24. The minimum atomic E-state index is 0.281. The van der Waals surface area contributed by atoms with Crippen LogP contribution in [0.1, 0.15) is 46.0 Å². The Morgan fingerprint density at radius 3 is 2.00 bits per heavy atom. The largest absolute Gasteiger partial charge is 0.300 e. The Hall–Kier alpha value is -0.660. The highest BCUT2D eigenvalue weighted by molar-refractivity contribution is 5.78. The van der Waals surface area contributed by atoms with Gasteiger partial charge in [-0.1, -0.05) is 0 Å². The van der Waals surface area contributed by atoms with Crippen LogP contribution in [0.3, 0.4) is 0 Å². The van der Waals surface area contributed by atoms with Crippen LogP contribution < -0.4 is 0 Å². The number of carbonyl (C=O) groups excluding carboxylic acids is 2. The molecule has 0 heterocycles. The summed E-state index contributed by atoms with van der Waals surface area (Å²) in [5.74, 6) is 1.43. The number of ketones is 2. The van der Waals surface area contributed by atoms with Gasteiger partial charge in [0.25, 0.3) is 0 Å². The summed E-state index contributed by atoms with van der Waals surface area (Å²) in [6, 6.07) is 0. The number of hydrogen-bond donors (Lipinski definition) is 0. The van der Waals surface area contributed by atoms with Crippen molar-refractivity contribution in [1.82, 2.24) is 0 Å². The third-order valence-corrected chi connectivity index (χ3v) is 3.00. The van der Waals surface area contributed by atoms with Crippen LogP contribution in [0.4, 0.5) is 0 Å². The smallest absolute Gasteiger partial charge is 0.132 e. The van der Waals surface area contributed by atoms with E-state index in [1.165, 1.54) is 0 Å². The summed E-state index contributed by atoms with van der Waals surface area (Å²) in [5, 5.41) is 0. The van der Waals surface area contributed by atoms with E-state index < -0.39 is 0 Å². The Balaban J connectivity index is 2.30. The molecule has 74 valence electrons. The lowest BCUT2D eigenvalue weighted by Crippen LogP contribution is -2.20. The van der Waals surface area contributed by atoms with Crippen molar-refractivity contribution in [2.45, 2.75) is 46.0 Å². The summed E-state index contributed by atoms with van der Waals surface area (Å²) in [6.45, 7) is 3.33. The van der Waals surface area contributed by atoms with Gasteiger partial charge in [-0.2, -0.15) is 0 Å². The normalized spacial score (nSPS) is 28.5. The van der Waals surface area contributed by atoms with Crippen molar-refractivity contribution in [2.24, 2.45) is 11.8 Å². The van der Waals surface area contributed by atoms with Gasteiger partial charge in [-0.15, -0.1) is 0 Å². The van der Waals surface area contributed by atoms with Crippen LogP contribution in [0.2, 0.25) is 0 Å². The molecule has 0 aromatic rings. The molecule has 0 saturated heterocycles. The first kappa shape index (κ1) is 10.4. The molecule has 0 aliphatic heterocycles. The van der Waals surface area contributed by atoms with Gasteiger partial charge in [-0.05, 0) is 45.4 Å².